The molecule has 118 valence electrons. The van der Waals surface area contributed by atoms with Crippen LogP contribution >= 0.6 is 11.6 Å². The molecule has 0 fully saturated rings. The number of aromatic amines is 1. The number of H-pyrrole nitrogens is 1. The van der Waals surface area contributed by atoms with Crippen molar-refractivity contribution in [2.45, 2.75) is 6.42 Å². The van der Waals surface area contributed by atoms with Crippen LogP contribution in [0.3, 0.4) is 0 Å². The fraction of sp³-hybridized carbons (Fsp3) is 0.176. The van der Waals surface area contributed by atoms with Crippen LogP contribution < -0.4 is 0 Å². The second kappa shape index (κ2) is 5.93. The molecule has 0 aliphatic heterocycles. The normalized spacial score (nSPS) is 10.9. The Balaban J connectivity index is 2.19. The van der Waals surface area contributed by atoms with Crippen LogP contribution in [0, 0.1) is 0 Å². The Morgan fingerprint density at radius 1 is 1.30 bits per heavy atom. The second-order valence-corrected chi connectivity index (χ2v) is 5.69. The number of esters is 1. The summed E-state index contributed by atoms with van der Waals surface area (Å²) >= 11 is 6.06. The lowest BCUT2D eigenvalue weighted by molar-refractivity contribution is -0.139. The van der Waals surface area contributed by atoms with E-state index < -0.39 is 5.97 Å². The van der Waals surface area contributed by atoms with Crippen LogP contribution in [0.5, 0.6) is 0 Å². The summed E-state index contributed by atoms with van der Waals surface area (Å²) in [5.74, 6) is -0.587. The van der Waals surface area contributed by atoms with Crippen molar-refractivity contribution in [1.82, 2.24) is 9.55 Å². The van der Waals surface area contributed by atoms with Gasteiger partial charge in [0.05, 0.1) is 24.9 Å². The molecule has 23 heavy (non-hydrogen) atoms. The van der Waals surface area contributed by atoms with E-state index in [4.69, 9.17) is 16.3 Å². The summed E-state index contributed by atoms with van der Waals surface area (Å²) in [5.41, 5.74) is 2.27. The lowest BCUT2D eigenvalue weighted by Crippen LogP contribution is -2.12. The van der Waals surface area contributed by atoms with E-state index in [1.807, 2.05) is 0 Å². The lowest BCUT2D eigenvalue weighted by Gasteiger charge is -2.05. The van der Waals surface area contributed by atoms with E-state index >= 15 is 0 Å². The number of hydrogen-bond donors (Lipinski definition) is 1. The number of halogens is 1. The minimum Gasteiger partial charge on any atom is -0.469 e. The van der Waals surface area contributed by atoms with Crippen LogP contribution in [-0.2, 0) is 23.0 Å². The molecule has 0 aliphatic rings. The van der Waals surface area contributed by atoms with E-state index in [-0.39, 0.29) is 12.2 Å². The minimum absolute atomic E-state index is 0.00232. The summed E-state index contributed by atoms with van der Waals surface area (Å²) in [7, 11) is 3.12. The van der Waals surface area contributed by atoms with Crippen molar-refractivity contribution >= 4 is 34.3 Å². The highest BCUT2D eigenvalue weighted by molar-refractivity contribution is 6.31. The fourth-order valence-corrected chi connectivity index (χ4v) is 2.81. The molecule has 0 atom stereocenters. The number of ketones is 1. The number of fused-ring (bicyclic) bond motifs is 1. The highest BCUT2D eigenvalue weighted by atomic mass is 35.5. The Bertz CT molecular complexity index is 908. The van der Waals surface area contributed by atoms with Gasteiger partial charge in [-0.1, -0.05) is 11.6 Å². The summed E-state index contributed by atoms with van der Waals surface area (Å²) in [6.45, 7) is 0. The van der Waals surface area contributed by atoms with Crippen LogP contribution in [0.4, 0.5) is 0 Å². The molecule has 6 heteroatoms. The molecule has 3 rings (SSSR count). The monoisotopic (exact) mass is 330 g/mol. The smallest absolute Gasteiger partial charge is 0.310 e. The predicted octanol–water partition coefficient (Wildman–Crippen LogP) is 3.11. The fourth-order valence-electron chi connectivity index (χ4n) is 2.64. The molecule has 3 aromatic rings. The number of methoxy groups -OCH3 is 1. The molecule has 0 unspecified atom stereocenters. The Morgan fingerprint density at radius 3 is 2.74 bits per heavy atom. The maximum atomic E-state index is 12.8. The maximum Gasteiger partial charge on any atom is 0.310 e. The number of rotatable bonds is 4. The molecular weight excluding hydrogens is 316 g/mol. The van der Waals surface area contributed by atoms with Gasteiger partial charge in [-0.2, -0.15) is 0 Å². The van der Waals surface area contributed by atoms with Crippen LogP contribution in [0.1, 0.15) is 21.7 Å². The van der Waals surface area contributed by atoms with Gasteiger partial charge in [0.15, 0.2) is 0 Å². The van der Waals surface area contributed by atoms with Crippen LogP contribution in [-0.4, -0.2) is 28.4 Å². The van der Waals surface area contributed by atoms with Gasteiger partial charge < -0.3 is 14.3 Å². The van der Waals surface area contributed by atoms with E-state index in [2.05, 4.69) is 4.98 Å². The summed E-state index contributed by atoms with van der Waals surface area (Å²) in [5, 5.41) is 1.29. The van der Waals surface area contributed by atoms with Crippen molar-refractivity contribution in [2.24, 2.45) is 7.05 Å². The molecule has 0 aliphatic carbocycles. The maximum absolute atomic E-state index is 12.8. The molecule has 0 saturated carbocycles. The Hall–Kier alpha value is -2.53. The van der Waals surface area contributed by atoms with Gasteiger partial charge in [0.2, 0.25) is 5.78 Å². The van der Waals surface area contributed by atoms with Crippen LogP contribution in [0.15, 0.2) is 36.5 Å². The Labute approximate surface area is 137 Å². The molecule has 1 N–H and O–H groups in total. The topological polar surface area (TPSA) is 64.1 Å². The van der Waals surface area contributed by atoms with Crippen molar-refractivity contribution in [2.75, 3.05) is 7.11 Å². The van der Waals surface area contributed by atoms with Gasteiger partial charge in [0.1, 0.15) is 0 Å². The number of hydrogen-bond acceptors (Lipinski definition) is 3. The molecule has 0 radical (unpaired) electrons. The van der Waals surface area contributed by atoms with Crippen molar-refractivity contribution in [3.05, 3.63) is 58.5 Å². The number of nitrogens with zero attached hydrogens (tertiary/aromatic N) is 1. The third-order valence-corrected chi connectivity index (χ3v) is 4.06. The zero-order chi connectivity index (χ0) is 16.6. The molecule has 2 aromatic heterocycles. The highest BCUT2D eigenvalue weighted by Gasteiger charge is 2.22. The SMILES string of the molecule is COC(=O)Cc1c(C(=O)c2cccn2C)[nH]c2ccc(Cl)cc12. The van der Waals surface area contributed by atoms with Gasteiger partial charge in [-0.05, 0) is 30.3 Å². The lowest BCUT2D eigenvalue weighted by atomic mass is 10.0. The number of ether oxygens (including phenoxy) is 1. The quantitative estimate of drug-likeness (QED) is 0.590. The zero-order valence-electron chi connectivity index (χ0n) is 12.7. The Kier molecular flexibility index (Phi) is 3.96. The first-order chi connectivity index (χ1) is 11.0. The van der Waals surface area contributed by atoms with E-state index in [0.29, 0.717) is 22.0 Å². The van der Waals surface area contributed by atoms with Gasteiger partial charge in [-0.25, -0.2) is 0 Å². The third-order valence-electron chi connectivity index (χ3n) is 3.82. The van der Waals surface area contributed by atoms with Crippen LogP contribution in [0.25, 0.3) is 10.9 Å². The average Bonchev–Trinajstić information content (AvgIpc) is 3.11. The summed E-state index contributed by atoms with van der Waals surface area (Å²) < 4.78 is 6.49. The molecule has 2 heterocycles. The Morgan fingerprint density at radius 2 is 2.09 bits per heavy atom. The number of carbonyl (C=O) groups is 2. The first kappa shape index (κ1) is 15.4. The number of aryl methyl sites for hydroxylation is 1. The molecule has 0 spiro atoms. The standard InChI is InChI=1S/C17H15ClN2O3/c1-20-7-3-4-14(20)17(22)16-12(9-15(21)23-2)11-8-10(18)5-6-13(11)19-16/h3-8,19H,9H2,1-2H3. The molecule has 0 amide bonds. The van der Waals surface area contributed by atoms with Crippen molar-refractivity contribution in [1.29, 1.82) is 0 Å². The van der Waals surface area contributed by atoms with Crippen molar-refractivity contribution < 1.29 is 14.3 Å². The van der Waals surface area contributed by atoms with Gasteiger partial charge in [-0.3, -0.25) is 9.59 Å². The molecule has 5 nitrogen and oxygen atoms in total. The van der Waals surface area contributed by atoms with E-state index in [0.717, 1.165) is 10.9 Å². The van der Waals surface area contributed by atoms with Gasteiger partial charge in [0, 0.05) is 34.7 Å². The first-order valence-electron chi connectivity index (χ1n) is 7.04. The van der Waals surface area contributed by atoms with E-state index in [1.54, 1.807) is 48.1 Å². The predicted molar refractivity (Wildman–Crippen MR) is 87.9 cm³/mol. The number of aromatic nitrogens is 2. The molecule has 0 bridgehead atoms. The molecule has 0 saturated heterocycles. The number of nitrogens with one attached hydrogen (secondary N) is 1. The largest absolute Gasteiger partial charge is 0.469 e. The van der Waals surface area contributed by atoms with E-state index in [9.17, 15) is 9.59 Å². The highest BCUT2D eigenvalue weighted by Crippen LogP contribution is 2.28. The average molecular weight is 331 g/mol. The molecule has 1 aromatic carbocycles. The summed E-state index contributed by atoms with van der Waals surface area (Å²) in [4.78, 5) is 27.7. The van der Waals surface area contributed by atoms with Gasteiger partial charge >= 0.3 is 5.97 Å². The number of benzene rings is 1. The van der Waals surface area contributed by atoms with Gasteiger partial charge in [-0.15, -0.1) is 0 Å². The number of carbonyl (C=O) groups excluding carboxylic acids is 2. The van der Waals surface area contributed by atoms with Crippen LogP contribution in [0.2, 0.25) is 5.02 Å². The third kappa shape index (κ3) is 2.75. The summed E-state index contributed by atoms with van der Waals surface area (Å²) in [6, 6.07) is 8.81. The van der Waals surface area contributed by atoms with Crippen molar-refractivity contribution in [3.63, 3.8) is 0 Å². The zero-order valence-corrected chi connectivity index (χ0v) is 13.5. The molecular formula is C17H15ClN2O3. The summed E-state index contributed by atoms with van der Waals surface area (Å²) in [6.07, 6.45) is 1.80. The van der Waals surface area contributed by atoms with E-state index in [1.165, 1.54) is 7.11 Å². The first-order valence-corrected chi connectivity index (χ1v) is 7.42. The van der Waals surface area contributed by atoms with Crippen molar-refractivity contribution in [3.8, 4) is 0 Å². The minimum atomic E-state index is -0.410. The van der Waals surface area contributed by atoms with Gasteiger partial charge in [0.25, 0.3) is 0 Å². The second-order valence-electron chi connectivity index (χ2n) is 5.25.